The number of aryl methyl sites for hydroxylation is 1. The lowest BCUT2D eigenvalue weighted by molar-refractivity contribution is -0.0191. The van der Waals surface area contributed by atoms with E-state index in [4.69, 9.17) is 16.3 Å². The van der Waals surface area contributed by atoms with E-state index in [9.17, 15) is 5.11 Å². The summed E-state index contributed by atoms with van der Waals surface area (Å²) in [5.41, 5.74) is 0.709. The Hall–Kier alpha value is -1.26. The smallest absolute Gasteiger partial charge is 0.161 e. The molecule has 4 heteroatoms. The van der Waals surface area contributed by atoms with Crippen molar-refractivity contribution in [2.75, 3.05) is 27.3 Å². The summed E-state index contributed by atoms with van der Waals surface area (Å²) in [7, 11) is 2.93. The molecule has 3 rings (SSSR count). The monoisotopic (exact) mass is 324 g/mol. The molecule has 3 atom stereocenters. The highest BCUT2D eigenvalue weighted by molar-refractivity contribution is 5.49. The van der Waals surface area contributed by atoms with Gasteiger partial charge in [0.05, 0.1) is 21.7 Å². The Balaban J connectivity index is 2.17. The third-order valence-corrected chi connectivity index (χ3v) is 4.67. The standard InChI is InChI=1S/C19H29NO3/c1-12(2)7-14-11-20-6-5-13-8-18(22-3)19(23-4)9-15(13)16(20)10-17(14)21/h8-9,12,14,16-17,21H,5-7,10-11H2,1-4H3/t14-,16-,17+/m0/s1/i5D2,6D2,17D. The first kappa shape index (κ1) is 11.3. The van der Waals surface area contributed by atoms with E-state index < -0.39 is 30.9 Å². The summed E-state index contributed by atoms with van der Waals surface area (Å²) in [5, 5.41) is 10.8. The fourth-order valence-corrected chi connectivity index (χ4v) is 3.54. The third kappa shape index (κ3) is 3.20. The van der Waals surface area contributed by atoms with Gasteiger partial charge < -0.3 is 14.6 Å². The van der Waals surface area contributed by atoms with Crippen LogP contribution >= 0.6 is 0 Å². The maximum Gasteiger partial charge on any atom is 0.161 e. The number of methoxy groups -OCH3 is 2. The molecule has 1 saturated heterocycles. The zero-order valence-electron chi connectivity index (χ0n) is 19.2. The Labute approximate surface area is 146 Å². The number of piperidine rings is 1. The van der Waals surface area contributed by atoms with Crippen molar-refractivity contribution in [3.05, 3.63) is 23.3 Å². The number of ether oxygens (including phenoxy) is 2. The number of hydrogen-bond donors (Lipinski definition) is 1. The Morgan fingerprint density at radius 1 is 1.35 bits per heavy atom. The summed E-state index contributed by atoms with van der Waals surface area (Å²) in [6.45, 7) is 1.82. The van der Waals surface area contributed by atoms with Crippen LogP contribution in [0.25, 0.3) is 0 Å². The topological polar surface area (TPSA) is 41.9 Å². The van der Waals surface area contributed by atoms with Crippen LogP contribution in [0, 0.1) is 11.8 Å². The second kappa shape index (κ2) is 6.70. The first-order valence-corrected chi connectivity index (χ1v) is 8.12. The fourth-order valence-electron chi connectivity index (χ4n) is 3.54. The Morgan fingerprint density at radius 3 is 2.70 bits per heavy atom. The van der Waals surface area contributed by atoms with Crippen molar-refractivity contribution in [1.82, 2.24) is 4.90 Å². The molecule has 1 fully saturated rings. The summed E-state index contributed by atoms with van der Waals surface area (Å²) < 4.78 is 53.5. The van der Waals surface area contributed by atoms with Crippen molar-refractivity contribution in [1.29, 1.82) is 0 Å². The summed E-state index contributed by atoms with van der Waals surface area (Å²) in [4.78, 5) is 1.48. The average Bonchev–Trinajstić information content (AvgIpc) is 2.60. The number of fused-ring (bicyclic) bond motifs is 3. The average molecular weight is 324 g/mol. The van der Waals surface area contributed by atoms with Gasteiger partial charge in [-0.05, 0) is 54.3 Å². The molecule has 0 saturated carbocycles. The molecule has 1 N–H and O–H groups in total. The van der Waals surface area contributed by atoms with Crippen molar-refractivity contribution in [3.63, 3.8) is 0 Å². The van der Waals surface area contributed by atoms with E-state index in [1.54, 1.807) is 6.07 Å². The molecule has 0 bridgehead atoms. The molecule has 2 heterocycles. The predicted octanol–water partition coefficient (Wildman–Crippen LogP) is 3.03. The molecule has 23 heavy (non-hydrogen) atoms. The third-order valence-electron chi connectivity index (χ3n) is 4.67. The first-order valence-electron chi connectivity index (χ1n) is 10.6. The number of aliphatic hydroxyl groups is 1. The number of rotatable bonds is 4. The van der Waals surface area contributed by atoms with Gasteiger partial charge in [0.25, 0.3) is 0 Å². The van der Waals surface area contributed by atoms with Gasteiger partial charge in [-0.15, -0.1) is 0 Å². The second-order valence-electron chi connectivity index (χ2n) is 6.72. The van der Waals surface area contributed by atoms with Crippen molar-refractivity contribution in [3.8, 4) is 11.5 Å². The van der Waals surface area contributed by atoms with E-state index in [2.05, 4.69) is 0 Å². The highest BCUT2D eigenvalue weighted by atomic mass is 16.5. The van der Waals surface area contributed by atoms with E-state index >= 15 is 0 Å². The van der Waals surface area contributed by atoms with Crippen LogP contribution in [0.5, 0.6) is 11.5 Å². The van der Waals surface area contributed by atoms with E-state index in [1.807, 2.05) is 13.8 Å². The maximum atomic E-state index is 10.8. The Morgan fingerprint density at radius 2 is 2.04 bits per heavy atom. The molecule has 2 aliphatic rings. The van der Waals surface area contributed by atoms with Crippen LogP contribution in [0.1, 0.15) is 50.7 Å². The van der Waals surface area contributed by atoms with Gasteiger partial charge in [0.2, 0.25) is 0 Å². The van der Waals surface area contributed by atoms with Crippen molar-refractivity contribution >= 4 is 0 Å². The number of benzene rings is 1. The Bertz CT molecular complexity index is 753. The minimum absolute atomic E-state index is 0.00244. The molecule has 0 unspecified atom stereocenters. The molecule has 128 valence electrons. The molecule has 4 nitrogen and oxygen atoms in total. The number of nitrogens with zero attached hydrogens (tertiary/aromatic N) is 1. The van der Waals surface area contributed by atoms with E-state index in [-0.39, 0.29) is 24.4 Å². The molecule has 0 amide bonds. The lowest BCUT2D eigenvalue weighted by atomic mass is 9.79. The number of hydrogen-bond acceptors (Lipinski definition) is 4. The van der Waals surface area contributed by atoms with E-state index in [1.165, 1.54) is 25.2 Å². The minimum Gasteiger partial charge on any atom is -0.493 e. The molecular weight excluding hydrogens is 290 g/mol. The van der Waals surface area contributed by atoms with Crippen molar-refractivity contribution in [2.24, 2.45) is 11.8 Å². The van der Waals surface area contributed by atoms with Gasteiger partial charge >= 0.3 is 0 Å². The van der Waals surface area contributed by atoms with Gasteiger partial charge in [-0.25, -0.2) is 0 Å². The zero-order valence-corrected chi connectivity index (χ0v) is 14.2. The normalized spacial score (nSPS) is 38.3. The lowest BCUT2D eigenvalue weighted by Gasteiger charge is -2.46. The quantitative estimate of drug-likeness (QED) is 0.924. The second-order valence-corrected chi connectivity index (χ2v) is 6.72. The Kier molecular flexibility index (Phi) is 3.30. The summed E-state index contributed by atoms with van der Waals surface area (Å²) >= 11 is 0. The van der Waals surface area contributed by atoms with Gasteiger partial charge in [0.15, 0.2) is 11.5 Å². The van der Waals surface area contributed by atoms with Gasteiger partial charge in [0, 0.05) is 24.6 Å². The van der Waals surface area contributed by atoms with Crippen LogP contribution < -0.4 is 9.47 Å². The highest BCUT2D eigenvalue weighted by Crippen LogP contribution is 2.43. The van der Waals surface area contributed by atoms with Crippen LogP contribution in [0.15, 0.2) is 12.1 Å². The van der Waals surface area contributed by atoms with E-state index in [0.29, 0.717) is 23.5 Å². The maximum absolute atomic E-state index is 10.8. The van der Waals surface area contributed by atoms with Gasteiger partial charge in [-0.3, -0.25) is 4.90 Å². The van der Waals surface area contributed by atoms with Crippen molar-refractivity contribution < 1.29 is 21.4 Å². The van der Waals surface area contributed by atoms with Crippen LogP contribution in [-0.2, 0) is 6.37 Å². The molecule has 0 radical (unpaired) electrons. The lowest BCUT2D eigenvalue weighted by Crippen LogP contribution is -2.48. The van der Waals surface area contributed by atoms with Gasteiger partial charge in [0.1, 0.15) is 0 Å². The highest BCUT2D eigenvalue weighted by Gasteiger charge is 2.38. The minimum atomic E-state index is -2.30. The van der Waals surface area contributed by atoms with Gasteiger partial charge in [-0.2, -0.15) is 0 Å². The largest absolute Gasteiger partial charge is 0.493 e. The SMILES string of the molecule is [2H]C1([2H])c2cc(OC)c(OC)cc2[C@@H]2C[C@@]([2H])(O)[C@@H](CC(C)C)CN2C1([2H])[2H]. The predicted molar refractivity (Wildman–Crippen MR) is 91.1 cm³/mol. The molecule has 1 aromatic rings. The van der Waals surface area contributed by atoms with E-state index in [0.717, 1.165) is 0 Å². The molecule has 2 aliphatic heterocycles. The summed E-state index contributed by atoms with van der Waals surface area (Å²) in [5.74, 6) is 0.514. The molecule has 1 aromatic carbocycles. The van der Waals surface area contributed by atoms with Crippen LogP contribution in [0.3, 0.4) is 0 Å². The molecular formula is C19H29NO3. The van der Waals surface area contributed by atoms with Gasteiger partial charge in [-0.1, -0.05) is 13.8 Å². The molecule has 0 aliphatic carbocycles. The van der Waals surface area contributed by atoms with Crippen LogP contribution in [0.4, 0.5) is 0 Å². The van der Waals surface area contributed by atoms with Crippen LogP contribution in [0.2, 0.25) is 0 Å². The summed E-state index contributed by atoms with van der Waals surface area (Å²) in [6.07, 6.45) is -3.43. The molecule has 0 aromatic heterocycles. The summed E-state index contributed by atoms with van der Waals surface area (Å²) in [6, 6.07) is 2.50. The van der Waals surface area contributed by atoms with Crippen molar-refractivity contribution in [2.45, 2.75) is 45.2 Å². The molecule has 0 spiro atoms. The first-order chi connectivity index (χ1) is 12.9. The van der Waals surface area contributed by atoms with Crippen LogP contribution in [-0.4, -0.2) is 43.3 Å². The zero-order chi connectivity index (χ0) is 21.1. The fraction of sp³-hybridized carbons (Fsp3) is 0.684.